The van der Waals surface area contributed by atoms with Crippen LogP contribution in [0.2, 0.25) is 0 Å². The van der Waals surface area contributed by atoms with E-state index >= 15 is 0 Å². The lowest BCUT2D eigenvalue weighted by Crippen LogP contribution is -2.54. The minimum absolute atomic E-state index is 0. The van der Waals surface area contributed by atoms with Gasteiger partial charge in [-0.2, -0.15) is 13.2 Å². The molecule has 1 fully saturated rings. The van der Waals surface area contributed by atoms with Crippen molar-refractivity contribution < 1.29 is 27.1 Å². The second-order valence-electron chi connectivity index (χ2n) is 6.43. The first-order chi connectivity index (χ1) is 14.4. The number of aromatic nitrogens is 1. The zero-order valence-electron chi connectivity index (χ0n) is 16.8. The van der Waals surface area contributed by atoms with E-state index in [9.17, 15) is 18.0 Å². The van der Waals surface area contributed by atoms with Crippen molar-refractivity contribution in [2.45, 2.75) is 6.18 Å². The van der Waals surface area contributed by atoms with Gasteiger partial charge >= 0.3 is 6.18 Å². The number of carbonyl (C=O) groups is 1. The Morgan fingerprint density at radius 2 is 1.94 bits per heavy atom. The number of hydrogen-bond acceptors (Lipinski definition) is 5. The Kier molecular flexibility index (Phi) is 8.95. The molecule has 12 heteroatoms. The molecule has 0 aromatic carbocycles. The number of furan rings is 1. The molecule has 1 aliphatic rings. The lowest BCUT2D eigenvalue weighted by molar-refractivity contribution is -0.139. The van der Waals surface area contributed by atoms with Gasteiger partial charge in [-0.1, -0.05) is 0 Å². The third-order valence-corrected chi connectivity index (χ3v) is 4.51. The average Bonchev–Trinajstić information content (AvgIpc) is 3.28. The van der Waals surface area contributed by atoms with Crippen molar-refractivity contribution in [2.24, 2.45) is 4.99 Å². The van der Waals surface area contributed by atoms with Gasteiger partial charge in [-0.25, -0.2) is 4.98 Å². The van der Waals surface area contributed by atoms with Gasteiger partial charge in [-0.05, 0) is 24.3 Å². The van der Waals surface area contributed by atoms with E-state index < -0.39 is 17.6 Å². The van der Waals surface area contributed by atoms with Crippen molar-refractivity contribution in [3.8, 4) is 5.88 Å². The van der Waals surface area contributed by atoms with Gasteiger partial charge in [-0.3, -0.25) is 9.79 Å². The van der Waals surface area contributed by atoms with E-state index in [1.165, 1.54) is 18.5 Å². The summed E-state index contributed by atoms with van der Waals surface area (Å²) in [4.78, 5) is 23.8. The van der Waals surface area contributed by atoms with Crippen LogP contribution in [0.1, 0.15) is 16.1 Å². The fourth-order valence-corrected chi connectivity index (χ4v) is 3.04. The molecule has 31 heavy (non-hydrogen) atoms. The van der Waals surface area contributed by atoms with E-state index in [2.05, 4.69) is 15.3 Å². The van der Waals surface area contributed by atoms with E-state index in [4.69, 9.17) is 9.15 Å². The molecule has 3 heterocycles. The second-order valence-corrected chi connectivity index (χ2v) is 6.43. The molecule has 170 valence electrons. The Hall–Kier alpha value is -2.51. The summed E-state index contributed by atoms with van der Waals surface area (Å²) in [6, 6.07) is 5.44. The maximum Gasteiger partial charge on any atom is 0.421 e. The van der Waals surface area contributed by atoms with Crippen LogP contribution >= 0.6 is 24.0 Å². The number of aliphatic imine (C=N–C) groups is 1. The number of guanidine groups is 1. The van der Waals surface area contributed by atoms with Crippen LogP contribution in [-0.2, 0) is 6.18 Å². The number of piperazine rings is 1. The van der Waals surface area contributed by atoms with Crippen LogP contribution in [0.25, 0.3) is 0 Å². The first kappa shape index (κ1) is 24.8. The summed E-state index contributed by atoms with van der Waals surface area (Å²) < 4.78 is 49.2. The monoisotopic (exact) mass is 553 g/mol. The minimum atomic E-state index is -4.53. The maximum atomic E-state index is 13.0. The fraction of sp³-hybridized carbons (Fsp3) is 0.421. The van der Waals surface area contributed by atoms with Crippen molar-refractivity contribution in [3.63, 3.8) is 0 Å². The largest absolute Gasteiger partial charge is 0.475 e. The second kappa shape index (κ2) is 11.2. The van der Waals surface area contributed by atoms with Crippen LogP contribution in [-0.4, -0.2) is 73.0 Å². The molecule has 1 aliphatic heterocycles. The van der Waals surface area contributed by atoms with Crippen LogP contribution in [0, 0.1) is 0 Å². The van der Waals surface area contributed by atoms with Crippen molar-refractivity contribution in [2.75, 3.05) is 46.4 Å². The number of nitrogens with zero attached hydrogens (tertiary/aromatic N) is 4. The third kappa shape index (κ3) is 6.48. The zero-order valence-corrected chi connectivity index (χ0v) is 19.1. The lowest BCUT2D eigenvalue weighted by Gasteiger charge is -2.36. The molecule has 3 rings (SSSR count). The number of rotatable bonds is 5. The molecule has 2 aromatic heterocycles. The predicted octanol–water partition coefficient (Wildman–Crippen LogP) is 2.72. The van der Waals surface area contributed by atoms with Gasteiger partial charge in [0.1, 0.15) is 12.2 Å². The first-order valence-electron chi connectivity index (χ1n) is 9.33. The van der Waals surface area contributed by atoms with Crippen molar-refractivity contribution in [3.05, 3.63) is 48.0 Å². The molecule has 0 bridgehead atoms. The summed E-state index contributed by atoms with van der Waals surface area (Å²) in [5, 5.41) is 3.06. The average molecular weight is 553 g/mol. The van der Waals surface area contributed by atoms with Gasteiger partial charge in [-0.15, -0.1) is 24.0 Å². The van der Waals surface area contributed by atoms with E-state index in [-0.39, 0.29) is 43.0 Å². The van der Waals surface area contributed by atoms with E-state index in [0.29, 0.717) is 37.9 Å². The quantitative estimate of drug-likeness (QED) is 0.266. The van der Waals surface area contributed by atoms with Gasteiger partial charge in [0.25, 0.3) is 5.91 Å². The number of ether oxygens (including phenoxy) is 1. The van der Waals surface area contributed by atoms with Gasteiger partial charge in [0.05, 0.1) is 12.8 Å². The van der Waals surface area contributed by atoms with Crippen molar-refractivity contribution in [1.29, 1.82) is 0 Å². The molecule has 2 aromatic rings. The molecular formula is C19H23F3IN5O3. The number of nitrogens with one attached hydrogen (secondary N) is 1. The molecular weight excluding hydrogens is 530 g/mol. The number of amides is 1. The maximum absolute atomic E-state index is 13.0. The molecule has 8 nitrogen and oxygen atoms in total. The lowest BCUT2D eigenvalue weighted by atomic mass is 10.2. The van der Waals surface area contributed by atoms with E-state index in [1.54, 1.807) is 24.1 Å². The molecule has 0 spiro atoms. The zero-order chi connectivity index (χ0) is 21.6. The molecule has 0 saturated carbocycles. The van der Waals surface area contributed by atoms with E-state index in [1.807, 2.05) is 4.90 Å². The summed E-state index contributed by atoms with van der Waals surface area (Å²) in [5.41, 5.74) is -0.910. The predicted molar refractivity (Wildman–Crippen MR) is 118 cm³/mol. The minimum Gasteiger partial charge on any atom is -0.475 e. The topological polar surface area (TPSA) is 83.2 Å². The highest BCUT2D eigenvalue weighted by Crippen LogP contribution is 2.34. The van der Waals surface area contributed by atoms with Crippen molar-refractivity contribution >= 4 is 35.8 Å². The highest BCUT2D eigenvalue weighted by atomic mass is 127. The Balaban J connectivity index is 0.00000341. The van der Waals surface area contributed by atoms with Crippen molar-refractivity contribution in [1.82, 2.24) is 20.1 Å². The molecule has 0 radical (unpaired) electrons. The SMILES string of the molecule is CN=C(NCCOc1ncccc1C(F)(F)F)N1CCN(C(=O)c2ccco2)CC1.I. The number of carbonyl (C=O) groups excluding carboxylic acids is 1. The smallest absolute Gasteiger partial charge is 0.421 e. The van der Waals surface area contributed by atoms with Gasteiger partial charge in [0.2, 0.25) is 5.88 Å². The standard InChI is InChI=1S/C19H22F3N5O3.HI/c1-23-18(25-7-13-30-16-14(19(20,21)22)4-2-6-24-16)27-10-8-26(9-11-27)17(28)15-5-3-12-29-15;/h2-6,12H,7-11,13H2,1H3,(H,23,25);1H. The summed E-state index contributed by atoms with van der Waals surface area (Å²) in [5.74, 6) is 0.273. The molecule has 0 unspecified atom stereocenters. The number of hydrogen-bond donors (Lipinski definition) is 1. The first-order valence-corrected chi connectivity index (χ1v) is 9.33. The van der Waals surface area contributed by atoms with Gasteiger partial charge in [0.15, 0.2) is 11.7 Å². The number of pyridine rings is 1. The van der Waals surface area contributed by atoms with Crippen LogP contribution < -0.4 is 10.1 Å². The molecule has 1 amide bonds. The highest BCUT2D eigenvalue weighted by Gasteiger charge is 2.35. The van der Waals surface area contributed by atoms with Crippen LogP contribution in [0.15, 0.2) is 46.1 Å². The van der Waals surface area contributed by atoms with Crippen LogP contribution in [0.4, 0.5) is 13.2 Å². The van der Waals surface area contributed by atoms with Gasteiger partial charge < -0.3 is 24.3 Å². The number of alkyl halides is 3. The van der Waals surface area contributed by atoms with E-state index in [0.717, 1.165) is 6.07 Å². The summed E-state index contributed by atoms with van der Waals surface area (Å²) in [7, 11) is 1.62. The Morgan fingerprint density at radius 1 is 1.23 bits per heavy atom. The third-order valence-electron chi connectivity index (χ3n) is 4.51. The Morgan fingerprint density at radius 3 is 2.55 bits per heavy atom. The molecule has 1 N–H and O–H groups in total. The number of halogens is 4. The highest BCUT2D eigenvalue weighted by molar-refractivity contribution is 14.0. The Labute approximate surface area is 194 Å². The van der Waals surface area contributed by atoms with Gasteiger partial charge in [0, 0.05) is 39.4 Å². The van der Waals surface area contributed by atoms with Crippen LogP contribution in [0.5, 0.6) is 5.88 Å². The van der Waals surface area contributed by atoms with Crippen LogP contribution in [0.3, 0.4) is 0 Å². The molecule has 0 atom stereocenters. The fourth-order valence-electron chi connectivity index (χ4n) is 3.04. The summed E-state index contributed by atoms with van der Waals surface area (Å²) in [6.45, 7) is 2.35. The normalized spacial score (nSPS) is 14.8. The molecule has 1 saturated heterocycles. The summed E-state index contributed by atoms with van der Waals surface area (Å²) >= 11 is 0. The Bertz CT molecular complexity index is 869. The summed E-state index contributed by atoms with van der Waals surface area (Å²) in [6.07, 6.45) is -1.82. The molecule has 0 aliphatic carbocycles.